The maximum Gasteiger partial charge on any atom is 0.246 e. The van der Waals surface area contributed by atoms with E-state index in [1.54, 1.807) is 4.90 Å². The number of carbonyl (C=O) groups is 5. The van der Waals surface area contributed by atoms with Crippen LogP contribution >= 0.6 is 0 Å². The Labute approximate surface area is 240 Å². The van der Waals surface area contributed by atoms with Crippen molar-refractivity contribution in [1.82, 2.24) is 26.2 Å². The minimum atomic E-state index is -0.955. The predicted octanol–water partition coefficient (Wildman–Crippen LogP) is 1.24. The maximum absolute atomic E-state index is 13.9. The van der Waals surface area contributed by atoms with Crippen LogP contribution in [0.4, 0.5) is 0 Å². The van der Waals surface area contributed by atoms with Gasteiger partial charge in [-0.1, -0.05) is 60.7 Å². The van der Waals surface area contributed by atoms with Gasteiger partial charge < -0.3 is 26.2 Å². The molecule has 0 aromatic heterocycles. The fourth-order valence-electron chi connectivity index (χ4n) is 5.43. The smallest absolute Gasteiger partial charge is 0.246 e. The maximum atomic E-state index is 13.9. The molecule has 0 spiro atoms. The molecule has 10 nitrogen and oxygen atoms in total. The van der Waals surface area contributed by atoms with Crippen LogP contribution in [0.15, 0.2) is 60.7 Å². The van der Waals surface area contributed by atoms with Crippen LogP contribution in [0, 0.1) is 0 Å². The van der Waals surface area contributed by atoms with E-state index in [0.717, 1.165) is 11.1 Å². The van der Waals surface area contributed by atoms with Crippen molar-refractivity contribution in [3.8, 4) is 0 Å². The second kappa shape index (κ2) is 14.4. The first-order valence-electron chi connectivity index (χ1n) is 14.4. The van der Waals surface area contributed by atoms with Gasteiger partial charge in [-0.25, -0.2) is 0 Å². The Bertz CT molecular complexity index is 1220. The highest BCUT2D eigenvalue weighted by Gasteiger charge is 2.40. The van der Waals surface area contributed by atoms with Crippen molar-refractivity contribution in [3.05, 3.63) is 71.8 Å². The van der Waals surface area contributed by atoms with E-state index in [1.807, 2.05) is 60.7 Å². The van der Waals surface area contributed by atoms with Gasteiger partial charge in [-0.15, -0.1) is 0 Å². The largest absolute Gasteiger partial charge is 0.356 e. The number of fused-ring (bicyclic) bond motifs is 1. The number of carbonyl (C=O) groups excluding carboxylic acids is 5. The zero-order chi connectivity index (χ0) is 29.2. The molecule has 2 aromatic carbocycles. The topological polar surface area (TPSA) is 137 Å². The van der Waals surface area contributed by atoms with E-state index in [1.165, 1.54) is 6.92 Å². The van der Waals surface area contributed by atoms with Crippen LogP contribution in [0.2, 0.25) is 0 Å². The molecule has 10 heteroatoms. The van der Waals surface area contributed by atoms with Gasteiger partial charge in [0.15, 0.2) is 0 Å². The first-order chi connectivity index (χ1) is 19.8. The molecule has 2 aliphatic rings. The summed E-state index contributed by atoms with van der Waals surface area (Å²) in [5.74, 6) is -1.72. The van der Waals surface area contributed by atoms with Crippen molar-refractivity contribution in [2.24, 2.45) is 0 Å². The number of hydrogen-bond acceptors (Lipinski definition) is 5. The molecule has 0 unspecified atom stereocenters. The van der Waals surface area contributed by atoms with Gasteiger partial charge in [-0.3, -0.25) is 24.0 Å². The molecule has 0 radical (unpaired) electrons. The molecule has 0 aliphatic carbocycles. The molecule has 2 heterocycles. The molecule has 5 amide bonds. The zero-order valence-electron chi connectivity index (χ0n) is 23.4. The first kappa shape index (κ1) is 29.8. The Hall–Kier alpha value is -4.21. The highest BCUT2D eigenvalue weighted by atomic mass is 16.2. The highest BCUT2D eigenvalue weighted by molar-refractivity contribution is 5.98. The molecule has 41 heavy (non-hydrogen) atoms. The lowest BCUT2D eigenvalue weighted by molar-refractivity contribution is -0.143. The number of rotatable bonds is 9. The van der Waals surface area contributed by atoms with E-state index >= 15 is 0 Å². The van der Waals surface area contributed by atoms with Gasteiger partial charge in [0.05, 0.1) is 0 Å². The lowest BCUT2D eigenvalue weighted by Gasteiger charge is -2.32. The van der Waals surface area contributed by atoms with E-state index < -0.39 is 36.0 Å². The lowest BCUT2D eigenvalue weighted by atomic mass is 10.00. The monoisotopic (exact) mass is 561 g/mol. The summed E-state index contributed by atoms with van der Waals surface area (Å²) >= 11 is 0. The summed E-state index contributed by atoms with van der Waals surface area (Å²) in [6, 6.07) is 15.3. The molecular formula is C31H39N5O5. The van der Waals surface area contributed by atoms with Gasteiger partial charge >= 0.3 is 0 Å². The van der Waals surface area contributed by atoms with E-state index in [9.17, 15) is 24.0 Å². The van der Waals surface area contributed by atoms with Crippen LogP contribution in [0.3, 0.4) is 0 Å². The fraction of sp³-hybridized carbons (Fsp3) is 0.452. The normalized spacial score (nSPS) is 23.4. The molecule has 218 valence electrons. The standard InChI is InChI=1S/C31H39N5O5/c1-21(37)32-17-9-8-15-24-28(38)34-25(19-22-11-4-2-5-12-22)29(39)35-26(20-23-13-6-3-7-14-23)31(41)36-18-10-16-27(36)30(40)33-24/h2-7,11-14,24-27H,8-10,15-20H2,1H3,(H,32,37)(H,33,40)(H,34,38)(H,35,39)/t24-,25-,26-,27+/m0/s1. The third-order valence-corrected chi connectivity index (χ3v) is 7.58. The van der Waals surface area contributed by atoms with Crippen molar-refractivity contribution in [2.75, 3.05) is 13.1 Å². The number of benzene rings is 2. The van der Waals surface area contributed by atoms with Crippen LogP contribution in [-0.4, -0.2) is 71.7 Å². The van der Waals surface area contributed by atoms with Gasteiger partial charge in [0.2, 0.25) is 29.5 Å². The second-order valence-corrected chi connectivity index (χ2v) is 10.7. The molecule has 0 saturated carbocycles. The number of nitrogens with zero attached hydrogens (tertiary/aromatic N) is 1. The van der Waals surface area contributed by atoms with Crippen LogP contribution in [0.25, 0.3) is 0 Å². The number of amides is 5. The average molecular weight is 562 g/mol. The van der Waals surface area contributed by atoms with E-state index in [2.05, 4.69) is 21.3 Å². The van der Waals surface area contributed by atoms with Crippen LogP contribution in [-0.2, 0) is 36.8 Å². The lowest BCUT2D eigenvalue weighted by Crippen LogP contribution is -2.62. The first-order valence-corrected chi connectivity index (χ1v) is 14.4. The predicted molar refractivity (Wildman–Crippen MR) is 153 cm³/mol. The summed E-state index contributed by atoms with van der Waals surface area (Å²) in [7, 11) is 0. The minimum absolute atomic E-state index is 0.131. The fourth-order valence-corrected chi connectivity index (χ4v) is 5.43. The van der Waals surface area contributed by atoms with E-state index in [4.69, 9.17) is 0 Å². The second-order valence-electron chi connectivity index (χ2n) is 10.7. The average Bonchev–Trinajstić information content (AvgIpc) is 3.46. The Morgan fingerprint density at radius 1 is 0.780 bits per heavy atom. The molecule has 2 aliphatic heterocycles. The number of unbranched alkanes of at least 4 members (excludes halogenated alkanes) is 1. The Balaban J connectivity index is 1.61. The minimum Gasteiger partial charge on any atom is -0.356 e. The molecule has 2 saturated heterocycles. The summed E-state index contributed by atoms with van der Waals surface area (Å²) in [5, 5.41) is 11.4. The van der Waals surface area contributed by atoms with Crippen molar-refractivity contribution in [2.45, 2.75) is 76.0 Å². The zero-order valence-corrected chi connectivity index (χ0v) is 23.4. The van der Waals surface area contributed by atoms with Gasteiger partial charge in [0.1, 0.15) is 24.2 Å². The summed E-state index contributed by atoms with van der Waals surface area (Å²) in [6.07, 6.45) is 3.15. The molecule has 4 N–H and O–H groups in total. The van der Waals surface area contributed by atoms with Crippen molar-refractivity contribution < 1.29 is 24.0 Å². The number of hydrogen-bond donors (Lipinski definition) is 4. The van der Waals surface area contributed by atoms with Gasteiger partial charge in [0.25, 0.3) is 0 Å². The number of nitrogens with one attached hydrogen (secondary N) is 4. The van der Waals surface area contributed by atoms with E-state index in [0.29, 0.717) is 45.2 Å². The SMILES string of the molecule is CC(=O)NCCCC[C@@H]1NC(=O)[C@H]2CCCN2C(=O)[C@H](Cc2ccccc2)NC(=O)[C@H](Cc2ccccc2)NC1=O. The Morgan fingerprint density at radius 2 is 1.34 bits per heavy atom. The van der Waals surface area contributed by atoms with Crippen LogP contribution < -0.4 is 21.3 Å². The molecule has 0 bridgehead atoms. The van der Waals surface area contributed by atoms with Crippen LogP contribution in [0.1, 0.15) is 50.2 Å². The van der Waals surface area contributed by atoms with Gasteiger partial charge in [-0.05, 0) is 43.2 Å². The Kier molecular flexibility index (Phi) is 10.5. The summed E-state index contributed by atoms with van der Waals surface area (Å²) in [6.45, 7) is 2.31. The summed E-state index contributed by atoms with van der Waals surface area (Å²) < 4.78 is 0. The molecule has 4 rings (SSSR count). The van der Waals surface area contributed by atoms with Crippen molar-refractivity contribution >= 4 is 29.5 Å². The molecule has 2 fully saturated rings. The van der Waals surface area contributed by atoms with Gasteiger partial charge in [0, 0.05) is 32.9 Å². The van der Waals surface area contributed by atoms with Crippen molar-refractivity contribution in [1.29, 1.82) is 0 Å². The van der Waals surface area contributed by atoms with Crippen LogP contribution in [0.5, 0.6) is 0 Å². The third-order valence-electron chi connectivity index (χ3n) is 7.58. The van der Waals surface area contributed by atoms with Crippen molar-refractivity contribution in [3.63, 3.8) is 0 Å². The summed E-state index contributed by atoms with van der Waals surface area (Å²) in [5.41, 5.74) is 1.72. The molecule has 2 aromatic rings. The highest BCUT2D eigenvalue weighted by Crippen LogP contribution is 2.21. The van der Waals surface area contributed by atoms with E-state index in [-0.39, 0.29) is 30.6 Å². The molecular weight excluding hydrogens is 522 g/mol. The third kappa shape index (κ3) is 8.39. The quantitative estimate of drug-likeness (QED) is 0.342. The Morgan fingerprint density at radius 3 is 1.98 bits per heavy atom. The van der Waals surface area contributed by atoms with Gasteiger partial charge in [-0.2, -0.15) is 0 Å². The summed E-state index contributed by atoms with van der Waals surface area (Å²) in [4.78, 5) is 67.4. The molecule has 4 atom stereocenters.